The fraction of sp³-hybridized carbons (Fsp3) is 0.400. The zero-order chi connectivity index (χ0) is 11.5. The lowest BCUT2D eigenvalue weighted by molar-refractivity contribution is 0.575. The Hall–Kier alpha value is -0.910. The summed E-state index contributed by atoms with van der Waals surface area (Å²) in [4.78, 5) is 0.193. The predicted molar refractivity (Wildman–Crippen MR) is 59.8 cm³/mol. The van der Waals surface area contributed by atoms with Gasteiger partial charge in [0.2, 0.25) is 10.0 Å². The predicted octanol–water partition coefficient (Wildman–Crippen LogP) is 0.832. The zero-order valence-corrected chi connectivity index (χ0v) is 9.71. The summed E-state index contributed by atoms with van der Waals surface area (Å²) in [5.41, 5.74) is 0.703. The molecule has 0 heterocycles. The molecule has 0 aliphatic carbocycles. The van der Waals surface area contributed by atoms with Crippen molar-refractivity contribution >= 4 is 10.0 Å². The van der Waals surface area contributed by atoms with Gasteiger partial charge >= 0.3 is 0 Å². The highest BCUT2D eigenvalue weighted by atomic mass is 32.2. The Morgan fingerprint density at radius 3 is 2.47 bits per heavy atom. The Morgan fingerprint density at radius 1 is 1.33 bits per heavy atom. The molecule has 3 N–H and O–H groups in total. The third-order valence-corrected chi connectivity index (χ3v) is 2.99. The molecule has 1 aromatic carbocycles. The molecule has 0 unspecified atom stereocenters. The van der Waals surface area contributed by atoms with Crippen molar-refractivity contribution in [1.82, 2.24) is 5.32 Å². The summed E-state index contributed by atoms with van der Waals surface area (Å²) in [7, 11) is -3.62. The summed E-state index contributed by atoms with van der Waals surface area (Å²) in [5.74, 6) is 0. The smallest absolute Gasteiger partial charge is 0.238 e. The minimum Gasteiger partial charge on any atom is -0.310 e. The van der Waals surface area contributed by atoms with Crippen LogP contribution in [0.15, 0.2) is 29.2 Å². The van der Waals surface area contributed by atoms with Gasteiger partial charge < -0.3 is 5.32 Å². The van der Waals surface area contributed by atoms with E-state index in [2.05, 4.69) is 5.32 Å². The number of sulfonamides is 1. The Bertz CT molecular complexity index is 427. The van der Waals surface area contributed by atoms with Gasteiger partial charge in [0, 0.05) is 12.6 Å². The van der Waals surface area contributed by atoms with Crippen LogP contribution in [-0.4, -0.2) is 14.5 Å². The maximum absolute atomic E-state index is 11.2. The van der Waals surface area contributed by atoms with E-state index in [1.807, 2.05) is 13.8 Å². The lowest BCUT2D eigenvalue weighted by atomic mass is 10.2. The monoisotopic (exact) mass is 228 g/mol. The summed E-state index contributed by atoms with van der Waals surface area (Å²) >= 11 is 0. The van der Waals surface area contributed by atoms with Gasteiger partial charge in [0.05, 0.1) is 4.90 Å². The third-order valence-electron chi connectivity index (χ3n) is 1.98. The second kappa shape index (κ2) is 4.74. The molecule has 0 spiro atoms. The Balaban J connectivity index is 2.98. The maximum Gasteiger partial charge on any atom is 0.238 e. The van der Waals surface area contributed by atoms with Crippen LogP contribution < -0.4 is 10.5 Å². The number of primary sulfonamides is 1. The van der Waals surface area contributed by atoms with Crippen LogP contribution >= 0.6 is 0 Å². The molecule has 0 radical (unpaired) electrons. The average molecular weight is 228 g/mol. The van der Waals surface area contributed by atoms with Crippen molar-refractivity contribution in [1.29, 1.82) is 0 Å². The van der Waals surface area contributed by atoms with E-state index in [9.17, 15) is 8.42 Å². The minimum atomic E-state index is -3.62. The van der Waals surface area contributed by atoms with Gasteiger partial charge in [-0.3, -0.25) is 0 Å². The van der Waals surface area contributed by atoms with Crippen molar-refractivity contribution in [3.63, 3.8) is 0 Å². The van der Waals surface area contributed by atoms with Crippen LogP contribution in [0.2, 0.25) is 0 Å². The van der Waals surface area contributed by atoms with Gasteiger partial charge in [0.25, 0.3) is 0 Å². The van der Waals surface area contributed by atoms with Crippen molar-refractivity contribution in [2.24, 2.45) is 5.14 Å². The fourth-order valence-electron chi connectivity index (χ4n) is 1.24. The first-order valence-electron chi connectivity index (χ1n) is 4.75. The lowest BCUT2D eigenvalue weighted by Gasteiger charge is -2.10. The van der Waals surface area contributed by atoms with Crippen LogP contribution in [0.5, 0.6) is 0 Å². The first-order chi connectivity index (χ1) is 6.91. The van der Waals surface area contributed by atoms with Gasteiger partial charge in [0.15, 0.2) is 0 Å². The SMILES string of the molecule is CC(C)NCc1ccccc1S(N)(=O)=O. The summed E-state index contributed by atoms with van der Waals surface area (Å²) in [6.07, 6.45) is 0. The molecule has 1 aromatic rings. The fourth-order valence-corrected chi connectivity index (χ4v) is 2.02. The molecule has 15 heavy (non-hydrogen) atoms. The molecule has 0 fully saturated rings. The van der Waals surface area contributed by atoms with Crippen LogP contribution in [-0.2, 0) is 16.6 Å². The maximum atomic E-state index is 11.2. The normalized spacial score (nSPS) is 12.0. The second-order valence-electron chi connectivity index (χ2n) is 3.69. The first-order valence-corrected chi connectivity index (χ1v) is 6.30. The van der Waals surface area contributed by atoms with Crippen LogP contribution in [0.25, 0.3) is 0 Å². The van der Waals surface area contributed by atoms with Crippen molar-refractivity contribution < 1.29 is 8.42 Å². The van der Waals surface area contributed by atoms with E-state index in [4.69, 9.17) is 5.14 Å². The van der Waals surface area contributed by atoms with Crippen molar-refractivity contribution in [3.05, 3.63) is 29.8 Å². The number of hydrogen-bond acceptors (Lipinski definition) is 3. The highest BCUT2D eigenvalue weighted by molar-refractivity contribution is 7.89. The molecule has 0 saturated carbocycles. The standard InChI is InChI=1S/C10H16N2O2S/c1-8(2)12-7-9-5-3-4-6-10(9)15(11,13)14/h3-6,8,12H,7H2,1-2H3,(H2,11,13,14). The topological polar surface area (TPSA) is 72.2 Å². The Morgan fingerprint density at radius 2 is 1.93 bits per heavy atom. The zero-order valence-electron chi connectivity index (χ0n) is 8.90. The van der Waals surface area contributed by atoms with E-state index in [0.717, 1.165) is 0 Å². The second-order valence-corrected chi connectivity index (χ2v) is 5.22. The van der Waals surface area contributed by atoms with Crippen molar-refractivity contribution in [3.8, 4) is 0 Å². The minimum absolute atomic E-state index is 0.193. The number of rotatable bonds is 4. The molecule has 0 amide bonds. The number of nitrogens with one attached hydrogen (secondary N) is 1. The molecule has 5 heteroatoms. The highest BCUT2D eigenvalue weighted by Gasteiger charge is 2.12. The van der Waals surface area contributed by atoms with E-state index in [0.29, 0.717) is 18.2 Å². The van der Waals surface area contributed by atoms with Gasteiger partial charge in [0.1, 0.15) is 0 Å². The number of benzene rings is 1. The van der Waals surface area contributed by atoms with Crippen LogP contribution in [0.4, 0.5) is 0 Å². The quantitative estimate of drug-likeness (QED) is 0.802. The molecule has 0 aromatic heterocycles. The number of hydrogen-bond donors (Lipinski definition) is 2. The molecule has 0 atom stereocenters. The lowest BCUT2D eigenvalue weighted by Crippen LogP contribution is -2.24. The van der Waals surface area contributed by atoms with Crippen LogP contribution in [0.3, 0.4) is 0 Å². The van der Waals surface area contributed by atoms with E-state index < -0.39 is 10.0 Å². The summed E-state index contributed by atoms with van der Waals surface area (Å²) in [6.45, 7) is 4.50. The molecule has 84 valence electrons. The van der Waals surface area contributed by atoms with Gasteiger partial charge in [-0.2, -0.15) is 0 Å². The molecule has 1 rings (SSSR count). The molecule has 0 aliphatic rings. The van der Waals surface area contributed by atoms with E-state index in [1.54, 1.807) is 18.2 Å². The average Bonchev–Trinajstić information content (AvgIpc) is 2.13. The summed E-state index contributed by atoms with van der Waals surface area (Å²) < 4.78 is 22.5. The molecule has 4 nitrogen and oxygen atoms in total. The van der Waals surface area contributed by atoms with Crippen LogP contribution in [0, 0.1) is 0 Å². The molecule has 0 saturated heterocycles. The van der Waals surface area contributed by atoms with Crippen molar-refractivity contribution in [2.75, 3.05) is 0 Å². The van der Waals surface area contributed by atoms with Gasteiger partial charge in [-0.15, -0.1) is 0 Å². The highest BCUT2D eigenvalue weighted by Crippen LogP contribution is 2.13. The molecular formula is C10H16N2O2S. The first kappa shape index (κ1) is 12.2. The van der Waals surface area contributed by atoms with E-state index in [-0.39, 0.29) is 4.90 Å². The Labute approximate surface area is 90.5 Å². The summed E-state index contributed by atoms with van der Waals surface area (Å²) in [5, 5.41) is 8.26. The Kier molecular flexibility index (Phi) is 3.84. The number of nitrogens with two attached hydrogens (primary N) is 1. The van der Waals surface area contributed by atoms with E-state index >= 15 is 0 Å². The van der Waals surface area contributed by atoms with Crippen LogP contribution in [0.1, 0.15) is 19.4 Å². The van der Waals surface area contributed by atoms with Gasteiger partial charge in [-0.1, -0.05) is 32.0 Å². The van der Waals surface area contributed by atoms with Gasteiger partial charge in [-0.25, -0.2) is 13.6 Å². The van der Waals surface area contributed by atoms with Crippen molar-refractivity contribution in [2.45, 2.75) is 31.3 Å². The molecule has 0 aliphatic heterocycles. The third kappa shape index (κ3) is 3.62. The van der Waals surface area contributed by atoms with E-state index in [1.165, 1.54) is 6.07 Å². The largest absolute Gasteiger partial charge is 0.310 e. The molecule has 0 bridgehead atoms. The molecular weight excluding hydrogens is 212 g/mol. The summed E-state index contributed by atoms with van der Waals surface area (Å²) in [6, 6.07) is 7.05. The van der Waals surface area contributed by atoms with Gasteiger partial charge in [-0.05, 0) is 11.6 Å².